The molecule has 0 aliphatic carbocycles. The van der Waals surface area contributed by atoms with Gasteiger partial charge in [-0.05, 0) is 37.4 Å². The predicted molar refractivity (Wildman–Crippen MR) is 70.5 cm³/mol. The Hall–Kier alpha value is -1.29. The van der Waals surface area contributed by atoms with Crippen molar-refractivity contribution in [3.8, 4) is 0 Å². The molecule has 1 aromatic heterocycles. The molecule has 1 atom stereocenters. The first-order valence-corrected chi connectivity index (χ1v) is 6.73. The Morgan fingerprint density at radius 1 is 1.61 bits per heavy atom. The van der Waals surface area contributed by atoms with Crippen LogP contribution in [0.2, 0.25) is 0 Å². The van der Waals surface area contributed by atoms with Gasteiger partial charge in [0.05, 0.1) is 6.26 Å². The average molecular weight is 250 g/mol. The molecule has 18 heavy (non-hydrogen) atoms. The molecule has 1 amide bonds. The van der Waals surface area contributed by atoms with E-state index in [2.05, 4.69) is 19.2 Å². The minimum atomic E-state index is 0.00222. The van der Waals surface area contributed by atoms with E-state index in [1.165, 1.54) is 6.42 Å². The van der Waals surface area contributed by atoms with Gasteiger partial charge in [0, 0.05) is 19.1 Å². The lowest BCUT2D eigenvalue weighted by molar-refractivity contribution is 0.0689. The highest BCUT2D eigenvalue weighted by Crippen LogP contribution is 2.12. The molecule has 0 spiro atoms. The third kappa shape index (κ3) is 3.35. The van der Waals surface area contributed by atoms with Gasteiger partial charge in [-0.25, -0.2) is 0 Å². The normalized spacial score (nSPS) is 19.4. The number of hydrogen-bond donors (Lipinski definition) is 1. The first kappa shape index (κ1) is 13.1. The molecule has 0 radical (unpaired) electrons. The summed E-state index contributed by atoms with van der Waals surface area (Å²) in [6.07, 6.45) is 3.91. The Kier molecular flexibility index (Phi) is 4.42. The van der Waals surface area contributed by atoms with Crippen LogP contribution >= 0.6 is 0 Å². The summed E-state index contributed by atoms with van der Waals surface area (Å²) in [4.78, 5) is 14.2. The fourth-order valence-corrected chi connectivity index (χ4v) is 2.42. The van der Waals surface area contributed by atoms with Crippen molar-refractivity contribution in [3.63, 3.8) is 0 Å². The first-order chi connectivity index (χ1) is 8.66. The maximum Gasteiger partial charge on any atom is 0.289 e. The van der Waals surface area contributed by atoms with Crippen LogP contribution in [-0.2, 0) is 0 Å². The number of nitrogens with one attached hydrogen (secondary N) is 1. The molecule has 1 saturated heterocycles. The Labute approximate surface area is 108 Å². The van der Waals surface area contributed by atoms with Crippen LogP contribution in [0.25, 0.3) is 0 Å². The lowest BCUT2D eigenvalue weighted by Gasteiger charge is -2.26. The Balaban J connectivity index is 2.01. The van der Waals surface area contributed by atoms with E-state index in [4.69, 9.17) is 4.42 Å². The Bertz CT molecular complexity index is 367. The fourth-order valence-electron chi connectivity index (χ4n) is 2.42. The van der Waals surface area contributed by atoms with Crippen LogP contribution in [0.1, 0.15) is 37.2 Å². The molecule has 0 aromatic carbocycles. The van der Waals surface area contributed by atoms with E-state index in [0.717, 1.165) is 26.1 Å². The lowest BCUT2D eigenvalue weighted by atomic mass is 10.1. The summed E-state index contributed by atoms with van der Waals surface area (Å²) in [6.45, 7) is 6.87. The van der Waals surface area contributed by atoms with E-state index in [1.54, 1.807) is 18.4 Å². The standard InChI is InChI=1S/C14H22N2O2/c1-11(2)9-16(10-12-5-3-7-15-12)14(17)13-6-4-8-18-13/h4,6,8,11-12,15H,3,5,7,9-10H2,1-2H3. The smallest absolute Gasteiger partial charge is 0.289 e. The molecule has 4 heteroatoms. The van der Waals surface area contributed by atoms with Crippen molar-refractivity contribution < 1.29 is 9.21 Å². The van der Waals surface area contributed by atoms with Crippen LogP contribution in [-0.4, -0.2) is 36.5 Å². The molecule has 0 saturated carbocycles. The van der Waals surface area contributed by atoms with Crippen molar-refractivity contribution >= 4 is 5.91 Å². The summed E-state index contributed by atoms with van der Waals surface area (Å²) in [6, 6.07) is 3.93. The second-order valence-electron chi connectivity index (χ2n) is 5.37. The van der Waals surface area contributed by atoms with Gasteiger partial charge < -0.3 is 14.6 Å². The maximum atomic E-state index is 12.3. The second kappa shape index (κ2) is 6.05. The minimum absolute atomic E-state index is 0.00222. The van der Waals surface area contributed by atoms with Gasteiger partial charge in [0.15, 0.2) is 5.76 Å². The summed E-state index contributed by atoms with van der Waals surface area (Å²) in [7, 11) is 0. The zero-order valence-electron chi connectivity index (χ0n) is 11.2. The third-order valence-electron chi connectivity index (χ3n) is 3.21. The zero-order chi connectivity index (χ0) is 13.0. The summed E-state index contributed by atoms with van der Waals surface area (Å²) >= 11 is 0. The van der Waals surface area contributed by atoms with Crippen molar-refractivity contribution in [1.29, 1.82) is 0 Å². The summed E-state index contributed by atoms with van der Waals surface area (Å²) < 4.78 is 5.21. The largest absolute Gasteiger partial charge is 0.459 e. The van der Waals surface area contributed by atoms with Gasteiger partial charge in [-0.15, -0.1) is 0 Å². The van der Waals surface area contributed by atoms with Crippen molar-refractivity contribution in [1.82, 2.24) is 10.2 Å². The van der Waals surface area contributed by atoms with Gasteiger partial charge in [-0.2, -0.15) is 0 Å². The predicted octanol–water partition coefficient (Wildman–Crippen LogP) is 2.13. The number of rotatable bonds is 5. The van der Waals surface area contributed by atoms with Crippen molar-refractivity contribution in [3.05, 3.63) is 24.2 Å². The third-order valence-corrected chi connectivity index (χ3v) is 3.21. The lowest BCUT2D eigenvalue weighted by Crippen LogP contribution is -2.42. The van der Waals surface area contributed by atoms with E-state index in [-0.39, 0.29) is 5.91 Å². The van der Waals surface area contributed by atoms with Gasteiger partial charge in [0.25, 0.3) is 5.91 Å². The number of hydrogen-bond acceptors (Lipinski definition) is 3. The second-order valence-corrected chi connectivity index (χ2v) is 5.37. The van der Waals surface area contributed by atoms with Gasteiger partial charge >= 0.3 is 0 Å². The molecular formula is C14H22N2O2. The van der Waals surface area contributed by atoms with Crippen molar-refractivity contribution in [2.24, 2.45) is 5.92 Å². The number of nitrogens with zero attached hydrogens (tertiary/aromatic N) is 1. The number of carbonyl (C=O) groups is 1. The molecule has 4 nitrogen and oxygen atoms in total. The number of furan rings is 1. The molecule has 1 aliphatic heterocycles. The van der Waals surface area contributed by atoms with Gasteiger partial charge in [0.2, 0.25) is 0 Å². The highest BCUT2D eigenvalue weighted by Gasteiger charge is 2.24. The number of amides is 1. The van der Waals surface area contributed by atoms with Crippen LogP contribution in [0, 0.1) is 5.92 Å². The van der Waals surface area contributed by atoms with E-state index in [0.29, 0.717) is 17.7 Å². The Morgan fingerprint density at radius 2 is 2.44 bits per heavy atom. The fraction of sp³-hybridized carbons (Fsp3) is 0.643. The average Bonchev–Trinajstić information content (AvgIpc) is 2.99. The van der Waals surface area contributed by atoms with Crippen LogP contribution < -0.4 is 5.32 Å². The SMILES string of the molecule is CC(C)CN(CC1CCCN1)C(=O)c1ccco1. The summed E-state index contributed by atoms with van der Waals surface area (Å²) in [5, 5.41) is 3.44. The molecule has 1 unspecified atom stereocenters. The van der Waals surface area contributed by atoms with E-state index in [1.807, 2.05) is 4.90 Å². The number of carbonyl (C=O) groups excluding carboxylic acids is 1. The molecule has 1 aromatic rings. The molecule has 0 bridgehead atoms. The van der Waals surface area contributed by atoms with Crippen LogP contribution in [0.3, 0.4) is 0 Å². The molecule has 1 fully saturated rings. The van der Waals surface area contributed by atoms with Crippen LogP contribution in [0.5, 0.6) is 0 Å². The molecule has 1 aliphatic rings. The molecular weight excluding hydrogens is 228 g/mol. The molecule has 2 rings (SSSR count). The van der Waals surface area contributed by atoms with Crippen LogP contribution in [0.4, 0.5) is 0 Å². The quantitative estimate of drug-likeness (QED) is 0.870. The summed E-state index contributed by atoms with van der Waals surface area (Å²) in [5.41, 5.74) is 0. The van der Waals surface area contributed by atoms with Crippen molar-refractivity contribution in [2.75, 3.05) is 19.6 Å². The topological polar surface area (TPSA) is 45.5 Å². The van der Waals surface area contributed by atoms with Crippen LogP contribution in [0.15, 0.2) is 22.8 Å². The molecule has 1 N–H and O–H groups in total. The van der Waals surface area contributed by atoms with Gasteiger partial charge in [0.1, 0.15) is 0 Å². The van der Waals surface area contributed by atoms with Gasteiger partial charge in [-0.1, -0.05) is 13.8 Å². The monoisotopic (exact) mass is 250 g/mol. The van der Waals surface area contributed by atoms with Gasteiger partial charge in [-0.3, -0.25) is 4.79 Å². The molecule has 2 heterocycles. The zero-order valence-corrected chi connectivity index (χ0v) is 11.2. The van der Waals surface area contributed by atoms with Crippen molar-refractivity contribution in [2.45, 2.75) is 32.7 Å². The molecule has 100 valence electrons. The highest BCUT2D eigenvalue weighted by molar-refractivity contribution is 5.91. The van der Waals surface area contributed by atoms with E-state index < -0.39 is 0 Å². The Morgan fingerprint density at radius 3 is 3.00 bits per heavy atom. The minimum Gasteiger partial charge on any atom is -0.459 e. The van der Waals surface area contributed by atoms with E-state index in [9.17, 15) is 4.79 Å². The maximum absolute atomic E-state index is 12.3. The highest BCUT2D eigenvalue weighted by atomic mass is 16.3. The summed E-state index contributed by atoms with van der Waals surface area (Å²) in [5.74, 6) is 0.904. The van der Waals surface area contributed by atoms with E-state index >= 15 is 0 Å². The first-order valence-electron chi connectivity index (χ1n) is 6.73.